The molecule has 0 saturated carbocycles. The molecule has 3 amide bonds. The number of benzene rings is 2. The van der Waals surface area contributed by atoms with Gasteiger partial charge in [0.2, 0.25) is 5.91 Å². The summed E-state index contributed by atoms with van der Waals surface area (Å²) in [6, 6.07) is 18.7. The summed E-state index contributed by atoms with van der Waals surface area (Å²) in [5, 5.41) is 5.79. The minimum Gasteiger partial charge on any atom is -0.497 e. The van der Waals surface area contributed by atoms with E-state index in [9.17, 15) is 14.4 Å². The van der Waals surface area contributed by atoms with E-state index in [4.69, 9.17) is 9.15 Å². The second-order valence-corrected chi connectivity index (χ2v) is 8.48. The molecule has 1 aliphatic rings. The molecule has 35 heavy (non-hydrogen) atoms. The normalized spacial score (nSPS) is 14.7. The van der Waals surface area contributed by atoms with Crippen molar-refractivity contribution in [2.45, 2.75) is 25.4 Å². The molecule has 8 nitrogen and oxygen atoms in total. The van der Waals surface area contributed by atoms with Gasteiger partial charge in [-0.25, -0.2) is 0 Å². The molecule has 1 fully saturated rings. The minimum absolute atomic E-state index is 0.0745. The Hall–Kier alpha value is -4.07. The molecule has 0 spiro atoms. The molecule has 0 unspecified atom stereocenters. The van der Waals surface area contributed by atoms with Crippen LogP contribution in [0.3, 0.4) is 0 Å². The number of nitrogens with zero attached hydrogens (tertiary/aromatic N) is 1. The van der Waals surface area contributed by atoms with Crippen LogP contribution in [0, 0.1) is 5.92 Å². The largest absolute Gasteiger partial charge is 0.497 e. The Morgan fingerprint density at radius 3 is 2.43 bits per heavy atom. The Morgan fingerprint density at radius 1 is 1.00 bits per heavy atom. The van der Waals surface area contributed by atoms with E-state index in [-0.39, 0.29) is 30.2 Å². The second-order valence-electron chi connectivity index (χ2n) is 8.48. The molecule has 0 bridgehead atoms. The molecule has 3 aromatic rings. The summed E-state index contributed by atoms with van der Waals surface area (Å²) in [7, 11) is 1.57. The highest BCUT2D eigenvalue weighted by Gasteiger charge is 2.34. The Balaban J connectivity index is 1.43. The second kappa shape index (κ2) is 11.4. The monoisotopic (exact) mass is 475 g/mol. The lowest BCUT2D eigenvalue weighted by atomic mass is 9.88. The van der Waals surface area contributed by atoms with Gasteiger partial charge in [0.25, 0.3) is 11.8 Å². The molecule has 1 aromatic heterocycles. The van der Waals surface area contributed by atoms with Crippen molar-refractivity contribution in [3.05, 3.63) is 89.9 Å². The fourth-order valence-electron chi connectivity index (χ4n) is 4.28. The third-order valence-electron chi connectivity index (χ3n) is 6.24. The zero-order valence-electron chi connectivity index (χ0n) is 19.6. The number of rotatable bonds is 8. The van der Waals surface area contributed by atoms with E-state index >= 15 is 0 Å². The van der Waals surface area contributed by atoms with Crippen LogP contribution < -0.4 is 15.4 Å². The number of nitrogens with one attached hydrogen (secondary N) is 2. The average Bonchev–Trinajstić information content (AvgIpc) is 3.44. The maximum atomic E-state index is 13.1. The molecule has 2 heterocycles. The Bertz CT molecular complexity index is 1140. The molecule has 2 aromatic carbocycles. The first-order valence-electron chi connectivity index (χ1n) is 11.6. The van der Waals surface area contributed by atoms with E-state index < -0.39 is 6.04 Å². The van der Waals surface area contributed by atoms with E-state index in [0.29, 0.717) is 48.6 Å². The van der Waals surface area contributed by atoms with Gasteiger partial charge in [-0.1, -0.05) is 24.3 Å². The number of hydrogen-bond donors (Lipinski definition) is 2. The number of amides is 3. The highest BCUT2D eigenvalue weighted by molar-refractivity contribution is 5.97. The maximum absolute atomic E-state index is 13.1. The summed E-state index contributed by atoms with van der Waals surface area (Å²) in [5.41, 5.74) is 1.05. The number of likely N-dealkylation sites (tertiary alicyclic amines) is 1. The number of ether oxygens (including phenoxy) is 1. The predicted molar refractivity (Wildman–Crippen MR) is 130 cm³/mol. The summed E-state index contributed by atoms with van der Waals surface area (Å²) in [6.45, 7) is 1.21. The van der Waals surface area contributed by atoms with Crippen LogP contribution in [0.1, 0.15) is 39.3 Å². The van der Waals surface area contributed by atoms with Crippen molar-refractivity contribution in [2.24, 2.45) is 5.92 Å². The summed E-state index contributed by atoms with van der Waals surface area (Å²) < 4.78 is 10.5. The Kier molecular flexibility index (Phi) is 7.82. The third kappa shape index (κ3) is 6.09. The molecule has 0 radical (unpaired) electrons. The fourth-order valence-corrected chi connectivity index (χ4v) is 4.28. The van der Waals surface area contributed by atoms with E-state index in [1.807, 2.05) is 6.07 Å². The molecule has 182 valence electrons. The van der Waals surface area contributed by atoms with Gasteiger partial charge in [-0.3, -0.25) is 14.4 Å². The van der Waals surface area contributed by atoms with Crippen molar-refractivity contribution in [3.63, 3.8) is 0 Å². The number of carbonyl (C=O) groups excluding carboxylic acids is 3. The van der Waals surface area contributed by atoms with Crippen molar-refractivity contribution in [2.75, 3.05) is 20.2 Å². The van der Waals surface area contributed by atoms with Crippen LogP contribution >= 0.6 is 0 Å². The van der Waals surface area contributed by atoms with E-state index in [2.05, 4.69) is 10.6 Å². The van der Waals surface area contributed by atoms with Gasteiger partial charge in [0.1, 0.15) is 17.6 Å². The SMILES string of the molecule is COc1cccc(C(=O)N2CCC([C@H](NC(=O)c3ccccc3)C(=O)NCc3ccco3)CC2)c1. The standard InChI is InChI=1S/C27H29N3O5/c1-34-22-10-5-9-21(17-22)27(33)30-14-12-19(13-15-30)24(26(32)28-18-23-11-6-16-35-23)29-25(31)20-7-3-2-4-8-20/h2-11,16-17,19,24H,12-15,18H2,1H3,(H,28,32)(H,29,31)/t24-/m0/s1. The van der Waals surface area contributed by atoms with Gasteiger partial charge in [-0.15, -0.1) is 0 Å². The highest BCUT2D eigenvalue weighted by Crippen LogP contribution is 2.24. The van der Waals surface area contributed by atoms with Gasteiger partial charge < -0.3 is 24.7 Å². The number of piperidine rings is 1. The Morgan fingerprint density at radius 2 is 1.74 bits per heavy atom. The average molecular weight is 476 g/mol. The van der Waals surface area contributed by atoms with Crippen molar-refractivity contribution >= 4 is 17.7 Å². The van der Waals surface area contributed by atoms with E-state index in [1.54, 1.807) is 78.9 Å². The first kappa shape index (κ1) is 24.1. The molecular weight excluding hydrogens is 446 g/mol. The van der Waals surface area contributed by atoms with Crippen LogP contribution in [0.15, 0.2) is 77.4 Å². The summed E-state index contributed by atoms with van der Waals surface area (Å²) in [5.74, 6) is 0.484. The van der Waals surface area contributed by atoms with Gasteiger partial charge in [0.05, 0.1) is 19.9 Å². The van der Waals surface area contributed by atoms with Crippen molar-refractivity contribution in [1.29, 1.82) is 0 Å². The molecule has 4 rings (SSSR count). The van der Waals surface area contributed by atoms with Crippen LogP contribution in [0.5, 0.6) is 5.75 Å². The molecule has 1 saturated heterocycles. The van der Waals surface area contributed by atoms with Crippen molar-refractivity contribution < 1.29 is 23.5 Å². The van der Waals surface area contributed by atoms with Gasteiger partial charge in [-0.05, 0) is 61.2 Å². The molecule has 2 N–H and O–H groups in total. The lowest BCUT2D eigenvalue weighted by molar-refractivity contribution is -0.124. The molecule has 8 heteroatoms. The quantitative estimate of drug-likeness (QED) is 0.521. The summed E-state index contributed by atoms with van der Waals surface area (Å²) in [4.78, 5) is 40.8. The Labute approximate surface area is 204 Å². The lowest BCUT2D eigenvalue weighted by Gasteiger charge is -2.36. The molecular formula is C27H29N3O5. The molecule has 1 atom stereocenters. The van der Waals surface area contributed by atoms with Crippen molar-refractivity contribution in [3.8, 4) is 5.75 Å². The first-order valence-corrected chi connectivity index (χ1v) is 11.6. The van der Waals surface area contributed by atoms with Crippen LogP contribution in [0.25, 0.3) is 0 Å². The zero-order chi connectivity index (χ0) is 24.6. The predicted octanol–water partition coefficient (Wildman–Crippen LogP) is 3.26. The summed E-state index contributed by atoms with van der Waals surface area (Å²) >= 11 is 0. The third-order valence-corrected chi connectivity index (χ3v) is 6.24. The van der Waals surface area contributed by atoms with Crippen LogP contribution in [-0.2, 0) is 11.3 Å². The van der Waals surface area contributed by atoms with Crippen LogP contribution in [-0.4, -0.2) is 48.9 Å². The van der Waals surface area contributed by atoms with Crippen molar-refractivity contribution in [1.82, 2.24) is 15.5 Å². The number of furan rings is 1. The first-order chi connectivity index (χ1) is 17.0. The van der Waals surface area contributed by atoms with Gasteiger partial charge in [0, 0.05) is 24.2 Å². The minimum atomic E-state index is -0.730. The molecule has 0 aliphatic carbocycles. The van der Waals surface area contributed by atoms with E-state index in [1.165, 1.54) is 0 Å². The number of methoxy groups -OCH3 is 1. The summed E-state index contributed by atoms with van der Waals surface area (Å²) in [6.07, 6.45) is 2.72. The number of carbonyl (C=O) groups is 3. The van der Waals surface area contributed by atoms with Gasteiger partial charge >= 0.3 is 0 Å². The number of hydrogen-bond acceptors (Lipinski definition) is 5. The highest BCUT2D eigenvalue weighted by atomic mass is 16.5. The molecule has 1 aliphatic heterocycles. The van der Waals surface area contributed by atoms with Crippen LogP contribution in [0.4, 0.5) is 0 Å². The smallest absolute Gasteiger partial charge is 0.253 e. The fraction of sp³-hybridized carbons (Fsp3) is 0.296. The van der Waals surface area contributed by atoms with E-state index in [0.717, 1.165) is 0 Å². The van der Waals surface area contributed by atoms with Gasteiger partial charge in [0.15, 0.2) is 0 Å². The maximum Gasteiger partial charge on any atom is 0.253 e. The van der Waals surface area contributed by atoms with Crippen LogP contribution in [0.2, 0.25) is 0 Å². The lowest BCUT2D eigenvalue weighted by Crippen LogP contribution is -2.53. The topological polar surface area (TPSA) is 101 Å². The van der Waals surface area contributed by atoms with Gasteiger partial charge in [-0.2, -0.15) is 0 Å². The zero-order valence-corrected chi connectivity index (χ0v) is 19.6.